The van der Waals surface area contributed by atoms with Gasteiger partial charge in [-0.25, -0.2) is 4.79 Å². The minimum Gasteiger partial charge on any atom is -0.329 e. The second kappa shape index (κ2) is 7.95. The summed E-state index contributed by atoms with van der Waals surface area (Å²) < 4.78 is 0. The summed E-state index contributed by atoms with van der Waals surface area (Å²) >= 11 is 0. The summed E-state index contributed by atoms with van der Waals surface area (Å²) in [5.74, 6) is 0. The van der Waals surface area contributed by atoms with Gasteiger partial charge in [-0.1, -0.05) is 42.5 Å². The van der Waals surface area contributed by atoms with Crippen LogP contribution in [0.3, 0.4) is 0 Å². The normalized spacial score (nSPS) is 15.3. The van der Waals surface area contributed by atoms with Gasteiger partial charge in [0, 0.05) is 45.0 Å². The quantitative estimate of drug-likeness (QED) is 0.908. The molecule has 0 aromatic heterocycles. The lowest BCUT2D eigenvalue weighted by Crippen LogP contribution is -2.50. The van der Waals surface area contributed by atoms with E-state index in [-0.39, 0.29) is 6.03 Å². The molecule has 0 aliphatic carbocycles. The summed E-state index contributed by atoms with van der Waals surface area (Å²) in [4.78, 5) is 16.5. The summed E-state index contributed by atoms with van der Waals surface area (Å²) in [5.41, 5.74) is 8.71. The van der Waals surface area contributed by atoms with Crippen LogP contribution in [0.5, 0.6) is 0 Å². The molecule has 24 heavy (non-hydrogen) atoms. The molecular weight excluding hydrogens is 300 g/mol. The van der Waals surface area contributed by atoms with Crippen LogP contribution in [0, 0.1) is 0 Å². The van der Waals surface area contributed by atoms with Crippen LogP contribution >= 0.6 is 0 Å². The maximum Gasteiger partial charge on any atom is 0.321 e. The van der Waals surface area contributed by atoms with Crippen LogP contribution in [0.2, 0.25) is 0 Å². The van der Waals surface area contributed by atoms with E-state index < -0.39 is 0 Å². The lowest BCUT2D eigenvalue weighted by molar-refractivity contribution is 0.149. The summed E-state index contributed by atoms with van der Waals surface area (Å²) in [6.45, 7) is 4.83. The molecule has 0 radical (unpaired) electrons. The van der Waals surface area contributed by atoms with Crippen molar-refractivity contribution in [2.45, 2.75) is 0 Å². The van der Waals surface area contributed by atoms with Gasteiger partial charge in [-0.05, 0) is 23.3 Å². The minimum atomic E-state index is -0.0325. The van der Waals surface area contributed by atoms with E-state index in [0.29, 0.717) is 6.54 Å². The number of rotatable bonds is 4. The molecule has 5 nitrogen and oxygen atoms in total. The highest BCUT2D eigenvalue weighted by Crippen LogP contribution is 2.21. The number of piperazine rings is 1. The number of nitrogens with two attached hydrogens (primary N) is 1. The lowest BCUT2D eigenvalue weighted by Gasteiger charge is -2.34. The molecule has 1 heterocycles. The molecule has 1 fully saturated rings. The van der Waals surface area contributed by atoms with E-state index in [1.54, 1.807) is 0 Å². The van der Waals surface area contributed by atoms with E-state index in [1.807, 2.05) is 47.4 Å². The van der Waals surface area contributed by atoms with Crippen molar-refractivity contribution >= 4 is 11.7 Å². The smallest absolute Gasteiger partial charge is 0.321 e. The summed E-state index contributed by atoms with van der Waals surface area (Å²) in [5, 5.41) is 2.98. The van der Waals surface area contributed by atoms with Gasteiger partial charge in [0.15, 0.2) is 0 Å². The predicted octanol–water partition coefficient (Wildman–Crippen LogP) is 2.46. The molecule has 1 aliphatic rings. The van der Waals surface area contributed by atoms with E-state index in [9.17, 15) is 4.79 Å². The molecule has 2 aromatic rings. The lowest BCUT2D eigenvalue weighted by atomic mass is 10.1. The Labute approximate surface area is 143 Å². The van der Waals surface area contributed by atoms with Crippen molar-refractivity contribution in [2.24, 2.45) is 5.73 Å². The molecule has 0 spiro atoms. The van der Waals surface area contributed by atoms with Gasteiger partial charge in [-0.15, -0.1) is 0 Å². The number of benzene rings is 2. The van der Waals surface area contributed by atoms with Crippen LogP contribution in [-0.4, -0.2) is 55.1 Å². The second-order valence-corrected chi connectivity index (χ2v) is 5.99. The number of nitrogens with zero attached hydrogens (tertiary/aromatic N) is 2. The molecule has 0 saturated carbocycles. The summed E-state index contributed by atoms with van der Waals surface area (Å²) in [6, 6.07) is 18.1. The fourth-order valence-electron chi connectivity index (χ4n) is 2.94. The number of hydrogen-bond donors (Lipinski definition) is 2. The van der Waals surface area contributed by atoms with Crippen LogP contribution in [0.25, 0.3) is 11.1 Å². The van der Waals surface area contributed by atoms with Crippen molar-refractivity contribution in [1.29, 1.82) is 0 Å². The number of nitrogens with one attached hydrogen (secondary N) is 1. The molecule has 3 rings (SSSR count). The minimum absolute atomic E-state index is 0.0325. The average molecular weight is 324 g/mol. The Morgan fingerprint density at radius 3 is 2.17 bits per heavy atom. The molecule has 0 atom stereocenters. The fourth-order valence-corrected chi connectivity index (χ4v) is 2.94. The molecule has 1 aliphatic heterocycles. The molecule has 0 unspecified atom stereocenters. The first-order chi connectivity index (χ1) is 11.8. The van der Waals surface area contributed by atoms with Gasteiger partial charge in [0.05, 0.1) is 0 Å². The maximum atomic E-state index is 12.4. The number of carbonyl (C=O) groups is 1. The van der Waals surface area contributed by atoms with Gasteiger partial charge in [0.1, 0.15) is 0 Å². The van der Waals surface area contributed by atoms with E-state index in [1.165, 1.54) is 5.56 Å². The van der Waals surface area contributed by atoms with Gasteiger partial charge in [0.2, 0.25) is 0 Å². The number of anilines is 1. The van der Waals surface area contributed by atoms with E-state index >= 15 is 0 Å². The van der Waals surface area contributed by atoms with Crippen molar-refractivity contribution in [2.75, 3.05) is 44.6 Å². The fraction of sp³-hybridized carbons (Fsp3) is 0.316. The molecule has 2 aromatic carbocycles. The van der Waals surface area contributed by atoms with E-state index in [4.69, 9.17) is 5.73 Å². The van der Waals surface area contributed by atoms with Gasteiger partial charge >= 0.3 is 6.03 Å². The average Bonchev–Trinajstić information content (AvgIpc) is 2.64. The highest BCUT2D eigenvalue weighted by Gasteiger charge is 2.20. The van der Waals surface area contributed by atoms with Gasteiger partial charge in [-0.2, -0.15) is 0 Å². The van der Waals surface area contributed by atoms with Crippen molar-refractivity contribution in [1.82, 2.24) is 9.80 Å². The SMILES string of the molecule is NCCN1CCN(C(=O)Nc2ccc(-c3ccccc3)cc2)CC1. The number of urea groups is 1. The standard InChI is InChI=1S/C19H24N4O/c20-10-11-22-12-14-23(15-13-22)19(24)21-18-8-6-17(7-9-18)16-4-2-1-3-5-16/h1-9H,10-15,20H2,(H,21,24). The highest BCUT2D eigenvalue weighted by molar-refractivity contribution is 5.89. The Kier molecular flexibility index (Phi) is 5.46. The number of hydrogen-bond acceptors (Lipinski definition) is 3. The van der Waals surface area contributed by atoms with Crippen LogP contribution in [0.1, 0.15) is 0 Å². The molecule has 126 valence electrons. The third-order valence-corrected chi connectivity index (χ3v) is 4.35. The van der Waals surface area contributed by atoms with Crippen LogP contribution < -0.4 is 11.1 Å². The Bertz CT molecular complexity index is 649. The van der Waals surface area contributed by atoms with Gasteiger partial charge in [-0.3, -0.25) is 4.90 Å². The summed E-state index contributed by atoms with van der Waals surface area (Å²) in [6.07, 6.45) is 0. The Morgan fingerprint density at radius 2 is 1.54 bits per heavy atom. The molecule has 5 heteroatoms. The molecule has 0 bridgehead atoms. The second-order valence-electron chi connectivity index (χ2n) is 5.99. The maximum absolute atomic E-state index is 12.4. The van der Waals surface area contributed by atoms with Crippen molar-refractivity contribution in [3.05, 3.63) is 54.6 Å². The Hall–Kier alpha value is -2.37. The van der Waals surface area contributed by atoms with E-state index in [2.05, 4.69) is 22.3 Å². The monoisotopic (exact) mass is 324 g/mol. The topological polar surface area (TPSA) is 61.6 Å². The third-order valence-electron chi connectivity index (χ3n) is 4.35. The first-order valence-electron chi connectivity index (χ1n) is 8.40. The zero-order valence-electron chi connectivity index (χ0n) is 13.8. The summed E-state index contributed by atoms with van der Waals surface area (Å²) in [7, 11) is 0. The number of carbonyl (C=O) groups excluding carboxylic acids is 1. The van der Waals surface area contributed by atoms with Crippen molar-refractivity contribution in [3.8, 4) is 11.1 Å². The van der Waals surface area contributed by atoms with Crippen LogP contribution in [-0.2, 0) is 0 Å². The molecular formula is C19H24N4O. The van der Waals surface area contributed by atoms with Crippen molar-refractivity contribution < 1.29 is 4.79 Å². The number of amides is 2. The Morgan fingerprint density at radius 1 is 0.917 bits per heavy atom. The third kappa shape index (κ3) is 4.13. The highest BCUT2D eigenvalue weighted by atomic mass is 16.2. The van der Waals surface area contributed by atoms with Crippen LogP contribution in [0.4, 0.5) is 10.5 Å². The largest absolute Gasteiger partial charge is 0.329 e. The van der Waals surface area contributed by atoms with Gasteiger partial charge < -0.3 is 16.0 Å². The van der Waals surface area contributed by atoms with Gasteiger partial charge in [0.25, 0.3) is 0 Å². The first-order valence-corrected chi connectivity index (χ1v) is 8.40. The zero-order valence-corrected chi connectivity index (χ0v) is 13.8. The molecule has 1 saturated heterocycles. The first kappa shape index (κ1) is 16.5. The predicted molar refractivity (Wildman–Crippen MR) is 98.0 cm³/mol. The zero-order chi connectivity index (χ0) is 16.8. The van der Waals surface area contributed by atoms with Crippen molar-refractivity contribution in [3.63, 3.8) is 0 Å². The van der Waals surface area contributed by atoms with E-state index in [0.717, 1.165) is 44.0 Å². The Balaban J connectivity index is 1.55. The molecule has 2 amide bonds. The molecule has 3 N–H and O–H groups in total. The van der Waals surface area contributed by atoms with Crippen LogP contribution in [0.15, 0.2) is 54.6 Å².